The second-order valence-corrected chi connectivity index (χ2v) is 6.90. The molecule has 3 rings (SSSR count). The summed E-state index contributed by atoms with van der Waals surface area (Å²) < 4.78 is 19.5. The maximum Gasteiger partial charge on any atom is 0.305 e. The van der Waals surface area contributed by atoms with Gasteiger partial charge in [-0.3, -0.25) is 14.4 Å². The van der Waals surface area contributed by atoms with Crippen LogP contribution in [-0.2, 0) is 9.53 Å². The number of hydrogen-bond donors (Lipinski definition) is 1. The fourth-order valence-corrected chi connectivity index (χ4v) is 3.52. The first kappa shape index (κ1) is 20.5. The van der Waals surface area contributed by atoms with Gasteiger partial charge in [-0.1, -0.05) is 18.2 Å². The van der Waals surface area contributed by atoms with Gasteiger partial charge in [0.25, 0.3) is 0 Å². The Morgan fingerprint density at radius 2 is 2.07 bits per heavy atom. The SMILES string of the molecule is CCOC(=O)CCC1C=CC(C(=O)c2c(O)n(C(C)=O)c3cc(F)ccc23)=CC1. The predicted octanol–water partition coefficient (Wildman–Crippen LogP) is 4.17. The molecular formula is C22H22FNO5. The molecule has 1 aliphatic rings. The van der Waals surface area contributed by atoms with Crippen molar-refractivity contribution in [3.63, 3.8) is 0 Å². The number of rotatable bonds is 6. The third kappa shape index (κ3) is 4.13. The minimum Gasteiger partial charge on any atom is -0.494 e. The lowest BCUT2D eigenvalue weighted by atomic mass is 9.90. The molecule has 1 N–H and O–H groups in total. The lowest BCUT2D eigenvalue weighted by Crippen LogP contribution is -2.10. The van der Waals surface area contributed by atoms with Crippen molar-refractivity contribution in [2.45, 2.75) is 33.1 Å². The van der Waals surface area contributed by atoms with Crippen LogP contribution < -0.4 is 0 Å². The molecule has 1 unspecified atom stereocenters. The van der Waals surface area contributed by atoms with Gasteiger partial charge < -0.3 is 9.84 Å². The summed E-state index contributed by atoms with van der Waals surface area (Å²) in [6.45, 7) is 3.33. The molecule has 0 radical (unpaired) electrons. The van der Waals surface area contributed by atoms with Crippen LogP contribution in [0.2, 0.25) is 0 Å². The number of hydrogen-bond acceptors (Lipinski definition) is 5. The van der Waals surface area contributed by atoms with Crippen molar-refractivity contribution >= 4 is 28.6 Å². The third-order valence-electron chi connectivity index (χ3n) is 4.92. The van der Waals surface area contributed by atoms with Gasteiger partial charge in [-0.25, -0.2) is 8.96 Å². The number of carbonyl (C=O) groups excluding carboxylic acids is 3. The molecule has 0 aliphatic heterocycles. The van der Waals surface area contributed by atoms with E-state index in [-0.39, 0.29) is 23.0 Å². The van der Waals surface area contributed by atoms with E-state index >= 15 is 0 Å². The first-order valence-electron chi connectivity index (χ1n) is 9.46. The summed E-state index contributed by atoms with van der Waals surface area (Å²) in [4.78, 5) is 36.5. The van der Waals surface area contributed by atoms with Crippen molar-refractivity contribution in [3.05, 3.63) is 53.4 Å². The number of esters is 1. The molecule has 0 bridgehead atoms. The van der Waals surface area contributed by atoms with E-state index in [1.54, 1.807) is 19.1 Å². The molecule has 0 amide bonds. The number of allylic oxidation sites excluding steroid dienone is 4. The van der Waals surface area contributed by atoms with Gasteiger partial charge in [-0.15, -0.1) is 0 Å². The number of nitrogens with zero attached hydrogens (tertiary/aromatic N) is 1. The van der Waals surface area contributed by atoms with E-state index in [0.717, 1.165) is 10.6 Å². The normalized spacial score (nSPS) is 16.0. The summed E-state index contributed by atoms with van der Waals surface area (Å²) in [5, 5.41) is 10.8. The Morgan fingerprint density at radius 3 is 2.69 bits per heavy atom. The maximum atomic E-state index is 13.7. The zero-order valence-corrected chi connectivity index (χ0v) is 16.3. The Hall–Kier alpha value is -3.22. The van der Waals surface area contributed by atoms with Gasteiger partial charge in [0.15, 0.2) is 5.78 Å². The van der Waals surface area contributed by atoms with Crippen molar-refractivity contribution in [1.29, 1.82) is 0 Å². The quantitative estimate of drug-likeness (QED) is 0.582. The predicted molar refractivity (Wildman–Crippen MR) is 105 cm³/mol. The number of halogens is 1. The second kappa shape index (κ2) is 8.43. The van der Waals surface area contributed by atoms with Gasteiger partial charge in [0.1, 0.15) is 5.82 Å². The summed E-state index contributed by atoms with van der Waals surface area (Å²) in [5.74, 6) is -2.18. The highest BCUT2D eigenvalue weighted by molar-refractivity contribution is 6.20. The average Bonchev–Trinajstić information content (AvgIpc) is 2.97. The maximum absolute atomic E-state index is 13.7. The molecule has 2 aromatic rings. The number of ether oxygens (including phenoxy) is 1. The number of benzene rings is 1. The van der Waals surface area contributed by atoms with Crippen LogP contribution >= 0.6 is 0 Å². The fourth-order valence-electron chi connectivity index (χ4n) is 3.52. The van der Waals surface area contributed by atoms with Crippen LogP contribution in [0.5, 0.6) is 5.88 Å². The Bertz CT molecular complexity index is 1050. The summed E-state index contributed by atoms with van der Waals surface area (Å²) >= 11 is 0. The van der Waals surface area contributed by atoms with Gasteiger partial charge in [0.05, 0.1) is 17.7 Å². The van der Waals surface area contributed by atoms with Crippen molar-refractivity contribution in [2.75, 3.05) is 6.61 Å². The zero-order chi connectivity index (χ0) is 21.1. The van der Waals surface area contributed by atoms with E-state index < -0.39 is 23.4 Å². The molecule has 1 aliphatic carbocycles. The van der Waals surface area contributed by atoms with Crippen LogP contribution in [0, 0.1) is 11.7 Å². The molecule has 152 valence electrons. The Balaban J connectivity index is 1.84. The monoisotopic (exact) mass is 399 g/mol. The summed E-state index contributed by atoms with van der Waals surface area (Å²) in [6.07, 6.45) is 6.74. The smallest absolute Gasteiger partial charge is 0.305 e. The number of aromatic nitrogens is 1. The van der Waals surface area contributed by atoms with Gasteiger partial charge in [0, 0.05) is 24.3 Å². The van der Waals surface area contributed by atoms with Gasteiger partial charge in [-0.05, 0) is 43.9 Å². The van der Waals surface area contributed by atoms with Crippen molar-refractivity contribution in [1.82, 2.24) is 4.57 Å². The molecular weight excluding hydrogens is 377 g/mol. The molecule has 1 aromatic heterocycles. The number of aromatic hydroxyl groups is 1. The molecule has 29 heavy (non-hydrogen) atoms. The highest BCUT2D eigenvalue weighted by Gasteiger charge is 2.27. The number of fused-ring (bicyclic) bond motifs is 1. The number of ketones is 1. The second-order valence-electron chi connectivity index (χ2n) is 6.90. The summed E-state index contributed by atoms with van der Waals surface area (Å²) in [5.41, 5.74) is 0.488. The fraction of sp³-hybridized carbons (Fsp3) is 0.318. The highest BCUT2D eigenvalue weighted by Crippen LogP contribution is 2.35. The molecule has 1 atom stereocenters. The average molecular weight is 399 g/mol. The Labute approximate surface area is 167 Å². The number of carbonyl (C=O) groups is 3. The van der Waals surface area contributed by atoms with E-state index in [1.165, 1.54) is 19.1 Å². The molecule has 6 nitrogen and oxygen atoms in total. The van der Waals surface area contributed by atoms with Crippen molar-refractivity contribution in [2.24, 2.45) is 5.92 Å². The van der Waals surface area contributed by atoms with Gasteiger partial charge in [-0.2, -0.15) is 0 Å². The largest absolute Gasteiger partial charge is 0.494 e. The van der Waals surface area contributed by atoms with Crippen LogP contribution in [0.3, 0.4) is 0 Å². The lowest BCUT2D eigenvalue weighted by Gasteiger charge is -2.15. The van der Waals surface area contributed by atoms with Gasteiger partial charge >= 0.3 is 5.97 Å². The molecule has 0 fully saturated rings. The molecule has 0 saturated heterocycles. The van der Waals surface area contributed by atoms with Crippen LogP contribution in [0.25, 0.3) is 10.9 Å². The van der Waals surface area contributed by atoms with E-state index in [9.17, 15) is 23.9 Å². The van der Waals surface area contributed by atoms with Crippen LogP contribution in [0.15, 0.2) is 42.0 Å². The first-order valence-corrected chi connectivity index (χ1v) is 9.46. The van der Waals surface area contributed by atoms with E-state index in [1.807, 2.05) is 6.08 Å². The third-order valence-corrected chi connectivity index (χ3v) is 4.92. The highest BCUT2D eigenvalue weighted by atomic mass is 19.1. The van der Waals surface area contributed by atoms with E-state index in [0.29, 0.717) is 36.8 Å². The topological polar surface area (TPSA) is 85.6 Å². The van der Waals surface area contributed by atoms with Crippen LogP contribution in [0.1, 0.15) is 48.3 Å². The molecule has 1 aromatic carbocycles. The Kier molecular flexibility index (Phi) is 5.96. The van der Waals surface area contributed by atoms with E-state index in [2.05, 4.69) is 0 Å². The van der Waals surface area contributed by atoms with Crippen LogP contribution in [0.4, 0.5) is 4.39 Å². The zero-order valence-electron chi connectivity index (χ0n) is 16.3. The standard InChI is InChI=1S/C22H22FNO5/c1-3-29-19(26)11-6-14-4-7-15(8-5-14)21(27)20-17-10-9-16(23)12-18(17)24(13(2)25)22(20)28/h4,7-10,12,14,28H,3,5-6,11H2,1-2H3. The molecule has 7 heteroatoms. The number of Topliss-reactive ketones (excluding diaryl/α,β-unsaturated/α-hetero) is 1. The minimum absolute atomic E-state index is 0.0314. The lowest BCUT2D eigenvalue weighted by molar-refractivity contribution is -0.143. The molecule has 1 heterocycles. The van der Waals surface area contributed by atoms with Crippen LogP contribution in [-0.4, -0.2) is 33.9 Å². The molecule has 0 spiro atoms. The molecule has 0 saturated carbocycles. The van der Waals surface area contributed by atoms with Gasteiger partial charge in [0.2, 0.25) is 11.8 Å². The van der Waals surface area contributed by atoms with Crippen molar-refractivity contribution < 1.29 is 28.6 Å². The van der Waals surface area contributed by atoms with Crippen molar-refractivity contribution in [3.8, 4) is 5.88 Å². The van der Waals surface area contributed by atoms with E-state index in [4.69, 9.17) is 4.74 Å². The first-order chi connectivity index (χ1) is 13.8. The summed E-state index contributed by atoms with van der Waals surface area (Å²) in [7, 11) is 0. The Morgan fingerprint density at radius 1 is 1.31 bits per heavy atom. The summed E-state index contributed by atoms with van der Waals surface area (Å²) in [6, 6.07) is 3.68. The minimum atomic E-state index is -0.572.